The van der Waals surface area contributed by atoms with Crippen LogP contribution in [0.3, 0.4) is 0 Å². The fraction of sp³-hybridized carbons (Fsp3) is 0.818. The monoisotopic (exact) mass is 258 g/mol. The number of amides is 1. The summed E-state index contributed by atoms with van der Waals surface area (Å²) in [4.78, 5) is 11.8. The van der Waals surface area contributed by atoms with E-state index in [1.807, 2.05) is 6.07 Å². The molecule has 1 heterocycles. The maximum Gasteiger partial charge on any atom is 0.240 e. The molecule has 0 spiro atoms. The van der Waals surface area contributed by atoms with Crippen LogP contribution in [0.4, 0.5) is 0 Å². The van der Waals surface area contributed by atoms with Gasteiger partial charge in [0.25, 0.3) is 0 Å². The molecule has 1 fully saturated rings. The third kappa shape index (κ3) is 2.97. The lowest BCUT2D eigenvalue weighted by molar-refractivity contribution is -0.127. The first-order chi connectivity index (χ1) is 7.85. The Hall–Kier alpha value is -1.09. The first-order valence-corrected chi connectivity index (χ1v) is 7.48. The summed E-state index contributed by atoms with van der Waals surface area (Å²) in [6, 6.07) is 1.96. The van der Waals surface area contributed by atoms with Gasteiger partial charge in [-0.25, -0.2) is 8.42 Å². The summed E-state index contributed by atoms with van der Waals surface area (Å²) < 4.78 is 23.1. The number of nitrogens with one attached hydrogen (secondary N) is 1. The third-order valence-electron chi connectivity index (χ3n) is 3.41. The zero-order valence-corrected chi connectivity index (χ0v) is 11.0. The van der Waals surface area contributed by atoms with Gasteiger partial charge in [0.15, 0.2) is 9.84 Å². The molecule has 0 aromatic carbocycles. The van der Waals surface area contributed by atoms with E-state index in [0.29, 0.717) is 19.3 Å². The average molecular weight is 258 g/mol. The van der Waals surface area contributed by atoms with Crippen molar-refractivity contribution in [1.82, 2.24) is 5.32 Å². The van der Waals surface area contributed by atoms with Crippen molar-refractivity contribution in [2.45, 2.75) is 38.4 Å². The highest BCUT2D eigenvalue weighted by molar-refractivity contribution is 7.92. The topological polar surface area (TPSA) is 87.0 Å². The number of carbonyl (C=O) groups excluding carboxylic acids is 1. The molecule has 1 aliphatic rings. The van der Waals surface area contributed by atoms with Crippen LogP contribution in [0.5, 0.6) is 0 Å². The van der Waals surface area contributed by atoms with Crippen molar-refractivity contribution in [3.8, 4) is 6.07 Å². The molecule has 1 amide bonds. The zero-order valence-electron chi connectivity index (χ0n) is 10.2. The molecule has 2 unspecified atom stereocenters. The maximum absolute atomic E-state index is 11.8. The minimum atomic E-state index is -3.04. The molecule has 0 aromatic heterocycles. The van der Waals surface area contributed by atoms with Gasteiger partial charge in [0.2, 0.25) is 5.91 Å². The standard InChI is InChI=1S/C11H18N2O3S/c1-3-11(2,8-12)10(14)13-7-9-5-4-6-17(9,15)16/h9H,3-7H2,1-2H3,(H,13,14). The van der Waals surface area contributed by atoms with Gasteiger partial charge in [-0.15, -0.1) is 0 Å². The predicted octanol–water partition coefficient (Wildman–Crippen LogP) is 0.620. The average Bonchev–Trinajstić information content (AvgIpc) is 2.64. The number of hydrogen-bond donors (Lipinski definition) is 1. The van der Waals surface area contributed by atoms with E-state index in [9.17, 15) is 13.2 Å². The van der Waals surface area contributed by atoms with Gasteiger partial charge in [0, 0.05) is 6.54 Å². The van der Waals surface area contributed by atoms with Crippen molar-refractivity contribution in [2.75, 3.05) is 12.3 Å². The van der Waals surface area contributed by atoms with E-state index in [1.165, 1.54) is 0 Å². The first-order valence-electron chi connectivity index (χ1n) is 5.77. The van der Waals surface area contributed by atoms with Crippen molar-refractivity contribution < 1.29 is 13.2 Å². The summed E-state index contributed by atoms with van der Waals surface area (Å²) in [5, 5.41) is 11.0. The highest BCUT2D eigenvalue weighted by Crippen LogP contribution is 2.22. The summed E-state index contributed by atoms with van der Waals surface area (Å²) in [6.45, 7) is 3.44. The van der Waals surface area contributed by atoms with Crippen molar-refractivity contribution in [1.29, 1.82) is 5.26 Å². The Morgan fingerprint density at radius 3 is 2.65 bits per heavy atom. The summed E-state index contributed by atoms with van der Waals surface area (Å²) in [6.07, 6.45) is 1.66. The lowest BCUT2D eigenvalue weighted by Gasteiger charge is -2.19. The number of rotatable bonds is 4. The molecule has 0 aromatic rings. The Kier molecular flexibility index (Phi) is 4.15. The predicted molar refractivity (Wildman–Crippen MR) is 63.8 cm³/mol. The van der Waals surface area contributed by atoms with E-state index in [4.69, 9.17) is 5.26 Å². The van der Waals surface area contributed by atoms with Crippen LogP contribution in [0.2, 0.25) is 0 Å². The van der Waals surface area contributed by atoms with Gasteiger partial charge in [-0.2, -0.15) is 5.26 Å². The molecule has 0 aliphatic carbocycles. The minimum Gasteiger partial charge on any atom is -0.353 e. The Balaban J connectivity index is 2.58. The van der Waals surface area contributed by atoms with Gasteiger partial charge in [0.05, 0.1) is 17.1 Å². The van der Waals surface area contributed by atoms with E-state index in [2.05, 4.69) is 5.32 Å². The Labute approximate surface area is 102 Å². The van der Waals surface area contributed by atoms with Crippen LogP contribution in [0.15, 0.2) is 0 Å². The zero-order chi connectivity index (χ0) is 13.1. The van der Waals surface area contributed by atoms with E-state index in [1.54, 1.807) is 13.8 Å². The van der Waals surface area contributed by atoms with Crippen LogP contribution in [0, 0.1) is 16.7 Å². The second kappa shape index (κ2) is 5.05. The van der Waals surface area contributed by atoms with Crippen molar-refractivity contribution in [2.24, 2.45) is 5.41 Å². The molecule has 1 rings (SSSR count). The lowest BCUT2D eigenvalue weighted by Crippen LogP contribution is -2.42. The van der Waals surface area contributed by atoms with Crippen molar-refractivity contribution in [3.63, 3.8) is 0 Å². The van der Waals surface area contributed by atoms with Crippen molar-refractivity contribution >= 4 is 15.7 Å². The number of carbonyl (C=O) groups is 1. The van der Waals surface area contributed by atoms with E-state index < -0.39 is 20.5 Å². The summed E-state index contributed by atoms with van der Waals surface area (Å²) in [5.74, 6) is -0.179. The molecule has 1 saturated heterocycles. The lowest BCUT2D eigenvalue weighted by atomic mass is 9.88. The van der Waals surface area contributed by atoms with Crippen LogP contribution in [0.25, 0.3) is 0 Å². The SMILES string of the molecule is CCC(C)(C#N)C(=O)NCC1CCCS1(=O)=O. The van der Waals surface area contributed by atoms with Gasteiger partial charge in [-0.05, 0) is 26.2 Å². The van der Waals surface area contributed by atoms with E-state index >= 15 is 0 Å². The maximum atomic E-state index is 11.8. The molecule has 0 saturated carbocycles. The van der Waals surface area contributed by atoms with Crippen LogP contribution in [-0.2, 0) is 14.6 Å². The highest BCUT2D eigenvalue weighted by Gasteiger charge is 2.35. The van der Waals surface area contributed by atoms with E-state index in [-0.39, 0.29) is 18.2 Å². The number of hydrogen-bond acceptors (Lipinski definition) is 4. The Bertz CT molecular complexity index is 438. The summed E-state index contributed by atoms with van der Waals surface area (Å²) in [5.41, 5.74) is -1.07. The minimum absolute atomic E-state index is 0.123. The Morgan fingerprint density at radius 2 is 2.24 bits per heavy atom. The largest absolute Gasteiger partial charge is 0.353 e. The number of nitriles is 1. The fourth-order valence-corrected chi connectivity index (χ4v) is 3.54. The van der Waals surface area contributed by atoms with Crippen molar-refractivity contribution in [3.05, 3.63) is 0 Å². The molecular formula is C11H18N2O3S. The molecule has 96 valence electrons. The number of sulfone groups is 1. The number of nitrogens with zero attached hydrogens (tertiary/aromatic N) is 1. The Morgan fingerprint density at radius 1 is 1.59 bits per heavy atom. The molecule has 6 heteroatoms. The molecule has 1 aliphatic heterocycles. The van der Waals surface area contributed by atoms with Gasteiger partial charge in [-0.1, -0.05) is 6.92 Å². The van der Waals surface area contributed by atoms with Crippen LogP contribution in [-0.4, -0.2) is 31.9 Å². The molecule has 0 bridgehead atoms. The molecule has 1 N–H and O–H groups in total. The van der Waals surface area contributed by atoms with Gasteiger partial charge < -0.3 is 5.32 Å². The third-order valence-corrected chi connectivity index (χ3v) is 5.68. The van der Waals surface area contributed by atoms with Gasteiger partial charge >= 0.3 is 0 Å². The summed E-state index contributed by atoms with van der Waals surface area (Å²) >= 11 is 0. The molecule has 0 radical (unpaired) electrons. The second-order valence-electron chi connectivity index (χ2n) is 4.64. The van der Waals surface area contributed by atoms with E-state index in [0.717, 1.165) is 0 Å². The van der Waals surface area contributed by atoms with Crippen LogP contribution in [0.1, 0.15) is 33.1 Å². The highest BCUT2D eigenvalue weighted by atomic mass is 32.2. The molecule has 17 heavy (non-hydrogen) atoms. The molecule has 5 nitrogen and oxygen atoms in total. The first kappa shape index (κ1) is 14.0. The normalized spacial score (nSPS) is 25.8. The smallest absolute Gasteiger partial charge is 0.240 e. The second-order valence-corrected chi connectivity index (χ2v) is 7.04. The van der Waals surface area contributed by atoms with Gasteiger partial charge in [0.1, 0.15) is 5.41 Å². The summed E-state index contributed by atoms with van der Waals surface area (Å²) in [7, 11) is -3.04. The fourth-order valence-electron chi connectivity index (χ4n) is 1.78. The quantitative estimate of drug-likeness (QED) is 0.800. The van der Waals surface area contributed by atoms with Crippen LogP contribution < -0.4 is 5.32 Å². The van der Waals surface area contributed by atoms with Crippen LogP contribution >= 0.6 is 0 Å². The van der Waals surface area contributed by atoms with Gasteiger partial charge in [-0.3, -0.25) is 4.79 Å². The molecule has 2 atom stereocenters. The molecular weight excluding hydrogens is 240 g/mol.